The molecule has 0 radical (unpaired) electrons. The molecule has 5 aliphatic rings. The third kappa shape index (κ3) is 4.60. The number of nitrogens with two attached hydrogens (primary N) is 1. The first-order chi connectivity index (χ1) is 17.0. The van der Waals surface area contributed by atoms with E-state index in [1.165, 1.54) is 32.1 Å². The van der Waals surface area contributed by atoms with E-state index in [4.69, 9.17) is 17.3 Å². The zero-order chi connectivity index (χ0) is 24.0. The highest BCUT2D eigenvalue weighted by atomic mass is 35.5. The molecule has 1 aromatic heterocycles. The van der Waals surface area contributed by atoms with Gasteiger partial charge in [0.15, 0.2) is 0 Å². The largest absolute Gasteiger partial charge is 0.368 e. The molecule has 0 aliphatic heterocycles. The molecule has 7 rings (SSSR count). The second-order valence-electron chi connectivity index (χ2n) is 11.5. The van der Waals surface area contributed by atoms with Gasteiger partial charge in [0.05, 0.1) is 6.20 Å². The summed E-state index contributed by atoms with van der Waals surface area (Å²) in [7, 11) is 0. The lowest BCUT2D eigenvalue weighted by atomic mass is 9.47. The van der Waals surface area contributed by atoms with Crippen LogP contribution in [0.3, 0.4) is 0 Å². The summed E-state index contributed by atoms with van der Waals surface area (Å²) in [6, 6.07) is 11.7. The molecule has 7 nitrogen and oxygen atoms in total. The number of hydrogen-bond acceptors (Lipinski definition) is 7. The molecular formula is C27H34ClN7. The molecule has 1 aromatic carbocycles. The van der Waals surface area contributed by atoms with Gasteiger partial charge in [-0.3, -0.25) is 0 Å². The fraction of sp³-hybridized carbons (Fsp3) is 0.593. The number of benzene rings is 1. The van der Waals surface area contributed by atoms with Crippen molar-refractivity contribution in [3.63, 3.8) is 0 Å². The van der Waals surface area contributed by atoms with Gasteiger partial charge < -0.3 is 21.7 Å². The standard InChI is InChI=1S/C27H34ClN7/c28-23-4-2-1-3-17(23)13-31-26-32-14-20(12-29)25(35-26)33-15-27-9-16-5-18(10-27)24(19(6-16)11-27)34-22-7-21(30)8-22/h1-4,14,16,18-19,21-22,24,34H,5-11,13,15,30H2,(H2,31,32,33,35)/t16?,18-,19+,21?,22?,24?,27?. The van der Waals surface area contributed by atoms with E-state index in [1.54, 1.807) is 6.20 Å². The van der Waals surface area contributed by atoms with Crippen molar-refractivity contribution in [2.24, 2.45) is 28.9 Å². The molecule has 8 heteroatoms. The van der Waals surface area contributed by atoms with Crippen LogP contribution in [-0.4, -0.2) is 34.6 Å². The molecule has 2 aromatic rings. The molecule has 35 heavy (non-hydrogen) atoms. The molecule has 1 heterocycles. The Morgan fingerprint density at radius 3 is 2.57 bits per heavy atom. The van der Waals surface area contributed by atoms with Gasteiger partial charge in [-0.15, -0.1) is 0 Å². The number of anilines is 2. The Kier molecular flexibility index (Phi) is 6.08. The molecule has 5 N–H and O–H groups in total. The first-order valence-corrected chi connectivity index (χ1v) is 13.4. The van der Waals surface area contributed by atoms with Crippen LogP contribution in [0.1, 0.15) is 56.1 Å². The number of aromatic nitrogens is 2. The topological polar surface area (TPSA) is 112 Å². The summed E-state index contributed by atoms with van der Waals surface area (Å²) in [6.07, 6.45) is 10.4. The smallest absolute Gasteiger partial charge is 0.224 e. The van der Waals surface area contributed by atoms with E-state index in [-0.39, 0.29) is 0 Å². The normalized spacial score (nSPS) is 34.8. The van der Waals surface area contributed by atoms with E-state index in [2.05, 4.69) is 32.0 Å². The highest BCUT2D eigenvalue weighted by molar-refractivity contribution is 6.31. The van der Waals surface area contributed by atoms with E-state index in [0.29, 0.717) is 52.4 Å². The first kappa shape index (κ1) is 23.0. The van der Waals surface area contributed by atoms with Gasteiger partial charge in [0, 0.05) is 36.2 Å². The van der Waals surface area contributed by atoms with Crippen LogP contribution < -0.4 is 21.7 Å². The highest BCUT2D eigenvalue weighted by Gasteiger charge is 2.55. The fourth-order valence-corrected chi connectivity index (χ4v) is 7.72. The van der Waals surface area contributed by atoms with Crippen molar-refractivity contribution in [2.45, 2.75) is 69.6 Å². The Morgan fingerprint density at radius 1 is 1.09 bits per heavy atom. The van der Waals surface area contributed by atoms with Crippen LogP contribution in [0.4, 0.5) is 11.8 Å². The van der Waals surface area contributed by atoms with Gasteiger partial charge in [0.1, 0.15) is 17.5 Å². The Balaban J connectivity index is 1.12. The van der Waals surface area contributed by atoms with Crippen LogP contribution >= 0.6 is 11.6 Å². The van der Waals surface area contributed by atoms with E-state index in [0.717, 1.165) is 42.7 Å². The Labute approximate surface area is 212 Å². The molecule has 5 saturated carbocycles. The number of halogens is 1. The van der Waals surface area contributed by atoms with Crippen molar-refractivity contribution in [1.82, 2.24) is 15.3 Å². The highest BCUT2D eigenvalue weighted by Crippen LogP contribution is 2.60. The Morgan fingerprint density at radius 2 is 1.86 bits per heavy atom. The van der Waals surface area contributed by atoms with Gasteiger partial charge in [-0.05, 0) is 79.7 Å². The maximum Gasteiger partial charge on any atom is 0.224 e. The predicted octanol–water partition coefficient (Wildman–Crippen LogP) is 4.30. The zero-order valence-electron chi connectivity index (χ0n) is 20.0. The molecule has 0 spiro atoms. The number of nitriles is 1. The maximum atomic E-state index is 9.66. The van der Waals surface area contributed by atoms with Crippen LogP contribution in [0.15, 0.2) is 30.5 Å². The van der Waals surface area contributed by atoms with Crippen LogP contribution in [0.5, 0.6) is 0 Å². The third-order valence-electron chi connectivity index (χ3n) is 8.94. The molecule has 184 valence electrons. The van der Waals surface area contributed by atoms with E-state index < -0.39 is 0 Å². The second kappa shape index (κ2) is 9.24. The van der Waals surface area contributed by atoms with E-state index in [1.807, 2.05) is 24.3 Å². The number of nitrogens with one attached hydrogen (secondary N) is 3. The van der Waals surface area contributed by atoms with Crippen LogP contribution in [-0.2, 0) is 6.54 Å². The molecule has 5 aliphatic carbocycles. The lowest BCUT2D eigenvalue weighted by Gasteiger charge is -2.61. The SMILES string of the molecule is N#Cc1cnc(NCc2ccccc2Cl)nc1NCC12CC3C[C@H](C1)C(NC1CC(N)C1)[C@@H](C3)C2. The van der Waals surface area contributed by atoms with Gasteiger partial charge in [-0.25, -0.2) is 4.98 Å². The number of rotatable bonds is 8. The average Bonchev–Trinajstić information content (AvgIpc) is 2.83. The summed E-state index contributed by atoms with van der Waals surface area (Å²) in [5.41, 5.74) is 7.80. The minimum absolute atomic E-state index is 0.299. The van der Waals surface area contributed by atoms with Crippen molar-refractivity contribution in [3.8, 4) is 6.07 Å². The van der Waals surface area contributed by atoms with Crippen molar-refractivity contribution in [3.05, 3.63) is 46.6 Å². The molecule has 3 unspecified atom stereocenters. The zero-order valence-corrected chi connectivity index (χ0v) is 20.8. The molecule has 0 saturated heterocycles. The molecule has 0 amide bonds. The maximum absolute atomic E-state index is 9.66. The Hall–Kier alpha value is -2.40. The van der Waals surface area contributed by atoms with Crippen LogP contribution in [0.25, 0.3) is 0 Å². The summed E-state index contributed by atoms with van der Waals surface area (Å²) in [4.78, 5) is 9.00. The Bertz CT molecular complexity index is 1110. The summed E-state index contributed by atoms with van der Waals surface area (Å²) < 4.78 is 0. The third-order valence-corrected chi connectivity index (χ3v) is 9.31. The van der Waals surface area contributed by atoms with E-state index in [9.17, 15) is 5.26 Å². The average molecular weight is 492 g/mol. The molecule has 5 fully saturated rings. The quantitative estimate of drug-likeness (QED) is 0.435. The summed E-state index contributed by atoms with van der Waals surface area (Å²) in [6.45, 7) is 1.40. The van der Waals surface area contributed by atoms with E-state index >= 15 is 0 Å². The van der Waals surface area contributed by atoms with Gasteiger partial charge in [0.25, 0.3) is 0 Å². The van der Waals surface area contributed by atoms with Crippen molar-refractivity contribution in [2.75, 3.05) is 17.2 Å². The number of nitrogens with zero attached hydrogens (tertiary/aromatic N) is 3. The van der Waals surface area contributed by atoms with Crippen molar-refractivity contribution in [1.29, 1.82) is 5.26 Å². The van der Waals surface area contributed by atoms with Gasteiger partial charge in [-0.1, -0.05) is 29.8 Å². The second-order valence-corrected chi connectivity index (χ2v) is 11.9. The van der Waals surface area contributed by atoms with Gasteiger partial charge in [-0.2, -0.15) is 10.2 Å². The lowest BCUT2D eigenvalue weighted by Crippen LogP contribution is -2.63. The monoisotopic (exact) mass is 491 g/mol. The van der Waals surface area contributed by atoms with Gasteiger partial charge in [0.2, 0.25) is 5.95 Å². The summed E-state index contributed by atoms with van der Waals surface area (Å²) >= 11 is 6.28. The fourth-order valence-electron chi connectivity index (χ4n) is 7.52. The molecule has 4 bridgehead atoms. The van der Waals surface area contributed by atoms with Crippen LogP contribution in [0.2, 0.25) is 5.02 Å². The molecule has 5 atom stereocenters. The van der Waals surface area contributed by atoms with Crippen LogP contribution in [0, 0.1) is 34.5 Å². The minimum atomic E-state index is 0.299. The summed E-state index contributed by atoms with van der Waals surface area (Å²) in [5, 5.41) is 21.2. The molecular weight excluding hydrogens is 458 g/mol. The van der Waals surface area contributed by atoms with Crippen molar-refractivity contribution < 1.29 is 0 Å². The minimum Gasteiger partial charge on any atom is -0.368 e. The van der Waals surface area contributed by atoms with Crippen molar-refractivity contribution >= 4 is 23.4 Å². The summed E-state index contributed by atoms with van der Waals surface area (Å²) in [5.74, 6) is 3.48. The number of hydrogen-bond donors (Lipinski definition) is 4. The predicted molar refractivity (Wildman–Crippen MR) is 138 cm³/mol. The lowest BCUT2D eigenvalue weighted by molar-refractivity contribution is -0.0746. The van der Waals surface area contributed by atoms with Gasteiger partial charge >= 0.3 is 0 Å². The first-order valence-electron chi connectivity index (χ1n) is 13.0.